The molecule has 0 bridgehead atoms. The van der Waals surface area contributed by atoms with Gasteiger partial charge in [-0.05, 0) is 18.6 Å². The normalized spacial score (nSPS) is 14.1. The van der Waals surface area contributed by atoms with E-state index in [1.165, 1.54) is 0 Å². The van der Waals surface area contributed by atoms with Crippen molar-refractivity contribution in [3.8, 4) is 0 Å². The first-order chi connectivity index (χ1) is 11.5. The fourth-order valence-corrected chi connectivity index (χ4v) is 2.88. The number of ketones is 2. The Morgan fingerprint density at radius 2 is 1.71 bits per heavy atom. The molecule has 0 heterocycles. The summed E-state index contributed by atoms with van der Waals surface area (Å²) >= 11 is 0. The fraction of sp³-hybridized carbons (Fsp3) is 0.222. The van der Waals surface area contributed by atoms with Gasteiger partial charge in [-0.3, -0.25) is 9.59 Å². The Hall–Kier alpha value is -2.70. The quantitative estimate of drug-likeness (QED) is 0.534. The van der Waals surface area contributed by atoms with Gasteiger partial charge < -0.3 is 21.3 Å². The first-order valence-corrected chi connectivity index (χ1v) is 7.60. The number of fused-ring (bicyclic) bond motifs is 2. The molecule has 1 aliphatic rings. The number of aryl methyl sites for hydroxylation is 1. The van der Waals surface area contributed by atoms with E-state index in [2.05, 4.69) is 5.32 Å². The summed E-state index contributed by atoms with van der Waals surface area (Å²) in [6, 6.07) is 8.31. The molecule has 2 aromatic carbocycles. The maximum atomic E-state index is 12.9. The number of hydrogen-bond donors (Lipinski definition) is 4. The SMILES string of the molecule is Cc1cc(NCC(O)CO)c2c(c1N)C(=O)c1ccccc1C2=O. The molecule has 0 spiro atoms. The summed E-state index contributed by atoms with van der Waals surface area (Å²) in [5.41, 5.74) is 8.53. The summed E-state index contributed by atoms with van der Waals surface area (Å²) in [6.45, 7) is 1.40. The molecular formula is C18H18N2O4. The van der Waals surface area contributed by atoms with Crippen LogP contribution >= 0.6 is 0 Å². The number of carbonyl (C=O) groups excluding carboxylic acids is 2. The second kappa shape index (κ2) is 6.07. The molecule has 0 saturated carbocycles. The smallest absolute Gasteiger partial charge is 0.196 e. The van der Waals surface area contributed by atoms with E-state index >= 15 is 0 Å². The highest BCUT2D eigenvalue weighted by Gasteiger charge is 2.34. The summed E-state index contributed by atoms with van der Waals surface area (Å²) in [7, 11) is 0. The predicted molar refractivity (Wildman–Crippen MR) is 90.5 cm³/mol. The van der Waals surface area contributed by atoms with E-state index in [1.807, 2.05) is 0 Å². The number of rotatable bonds is 4. The highest BCUT2D eigenvalue weighted by atomic mass is 16.3. The Morgan fingerprint density at radius 1 is 1.12 bits per heavy atom. The van der Waals surface area contributed by atoms with Crippen LogP contribution in [0.3, 0.4) is 0 Å². The third-order valence-corrected chi connectivity index (χ3v) is 4.18. The minimum Gasteiger partial charge on any atom is -0.398 e. The second-order valence-electron chi connectivity index (χ2n) is 5.83. The molecule has 6 nitrogen and oxygen atoms in total. The van der Waals surface area contributed by atoms with Crippen molar-refractivity contribution in [1.82, 2.24) is 0 Å². The average molecular weight is 326 g/mol. The molecule has 24 heavy (non-hydrogen) atoms. The molecule has 0 aliphatic heterocycles. The Balaban J connectivity index is 2.17. The number of hydrogen-bond acceptors (Lipinski definition) is 6. The summed E-state index contributed by atoms with van der Waals surface area (Å²) in [4.78, 5) is 25.7. The topological polar surface area (TPSA) is 113 Å². The van der Waals surface area contributed by atoms with Gasteiger partial charge in [-0.25, -0.2) is 0 Å². The third kappa shape index (κ3) is 2.46. The lowest BCUT2D eigenvalue weighted by Crippen LogP contribution is -2.27. The first-order valence-electron chi connectivity index (χ1n) is 7.60. The van der Waals surface area contributed by atoms with Crippen molar-refractivity contribution in [2.24, 2.45) is 0 Å². The highest BCUT2D eigenvalue weighted by Crippen LogP contribution is 2.37. The number of nitrogens with one attached hydrogen (secondary N) is 1. The lowest BCUT2D eigenvalue weighted by atomic mass is 9.81. The van der Waals surface area contributed by atoms with Crippen molar-refractivity contribution in [2.75, 3.05) is 24.2 Å². The molecule has 3 rings (SSSR count). The zero-order valence-electron chi connectivity index (χ0n) is 13.2. The molecular weight excluding hydrogens is 308 g/mol. The molecule has 1 unspecified atom stereocenters. The van der Waals surface area contributed by atoms with Crippen LogP contribution in [0.4, 0.5) is 11.4 Å². The maximum Gasteiger partial charge on any atom is 0.196 e. The van der Waals surface area contributed by atoms with Gasteiger partial charge in [0.1, 0.15) is 0 Å². The van der Waals surface area contributed by atoms with Crippen molar-refractivity contribution in [3.05, 3.63) is 58.1 Å². The Kier molecular flexibility index (Phi) is 4.09. The molecule has 2 aromatic rings. The van der Waals surface area contributed by atoms with Gasteiger partial charge in [0.2, 0.25) is 0 Å². The summed E-state index contributed by atoms with van der Waals surface area (Å²) in [5, 5.41) is 21.4. The van der Waals surface area contributed by atoms with Crippen LogP contribution in [0.25, 0.3) is 0 Å². The fourth-order valence-electron chi connectivity index (χ4n) is 2.88. The van der Waals surface area contributed by atoms with Gasteiger partial charge in [-0.15, -0.1) is 0 Å². The van der Waals surface area contributed by atoms with Crippen molar-refractivity contribution in [3.63, 3.8) is 0 Å². The van der Waals surface area contributed by atoms with Crippen LogP contribution in [0.2, 0.25) is 0 Å². The monoisotopic (exact) mass is 326 g/mol. The lowest BCUT2D eigenvalue weighted by Gasteiger charge is -2.24. The molecule has 6 heteroatoms. The maximum absolute atomic E-state index is 12.9. The van der Waals surface area contributed by atoms with E-state index in [0.29, 0.717) is 22.4 Å². The molecule has 1 aliphatic carbocycles. The Labute approximate surface area is 138 Å². The van der Waals surface area contributed by atoms with Gasteiger partial charge >= 0.3 is 0 Å². The number of aliphatic hydroxyl groups is 2. The van der Waals surface area contributed by atoms with Crippen molar-refractivity contribution in [2.45, 2.75) is 13.0 Å². The zero-order chi connectivity index (χ0) is 17.4. The average Bonchev–Trinajstić information content (AvgIpc) is 2.59. The van der Waals surface area contributed by atoms with E-state index in [4.69, 9.17) is 10.8 Å². The minimum absolute atomic E-state index is 0.0510. The van der Waals surface area contributed by atoms with E-state index < -0.39 is 12.7 Å². The van der Waals surface area contributed by atoms with Crippen LogP contribution in [0.5, 0.6) is 0 Å². The van der Waals surface area contributed by atoms with Crippen LogP contribution in [0.1, 0.15) is 37.4 Å². The van der Waals surface area contributed by atoms with E-state index in [0.717, 1.165) is 0 Å². The second-order valence-corrected chi connectivity index (χ2v) is 5.83. The van der Waals surface area contributed by atoms with Crippen molar-refractivity contribution in [1.29, 1.82) is 0 Å². The molecule has 0 fully saturated rings. The molecule has 5 N–H and O–H groups in total. The lowest BCUT2D eigenvalue weighted by molar-refractivity contribution is 0.0979. The number of aliphatic hydroxyl groups excluding tert-OH is 2. The summed E-state index contributed by atoms with van der Waals surface area (Å²) in [5.74, 6) is -0.569. The summed E-state index contributed by atoms with van der Waals surface area (Å²) in [6.07, 6.45) is -0.972. The van der Waals surface area contributed by atoms with Gasteiger partial charge in [0.15, 0.2) is 11.6 Å². The van der Waals surface area contributed by atoms with Gasteiger partial charge in [-0.2, -0.15) is 0 Å². The molecule has 0 aromatic heterocycles. The highest BCUT2D eigenvalue weighted by molar-refractivity contribution is 6.32. The van der Waals surface area contributed by atoms with E-state index in [9.17, 15) is 14.7 Å². The van der Waals surface area contributed by atoms with Gasteiger partial charge in [0.25, 0.3) is 0 Å². The number of nitrogen functional groups attached to an aromatic ring is 1. The Morgan fingerprint density at radius 3 is 2.29 bits per heavy atom. The van der Waals surface area contributed by atoms with Crippen LogP contribution in [-0.4, -0.2) is 41.0 Å². The molecule has 1 atom stereocenters. The standard InChI is InChI=1S/C18H18N2O4/c1-9-6-13(20-7-10(22)8-21)14-15(16(9)19)18(24)12-5-3-2-4-11(12)17(14)23/h2-6,10,20-22H,7-8,19H2,1H3. The largest absolute Gasteiger partial charge is 0.398 e. The zero-order valence-corrected chi connectivity index (χ0v) is 13.2. The molecule has 0 amide bonds. The van der Waals surface area contributed by atoms with Crippen molar-refractivity contribution >= 4 is 22.9 Å². The molecule has 0 radical (unpaired) electrons. The summed E-state index contributed by atoms with van der Waals surface area (Å²) < 4.78 is 0. The van der Waals surface area contributed by atoms with Crippen LogP contribution in [-0.2, 0) is 0 Å². The number of anilines is 2. The number of benzene rings is 2. The minimum atomic E-state index is -0.972. The van der Waals surface area contributed by atoms with Gasteiger partial charge in [0, 0.05) is 29.0 Å². The van der Waals surface area contributed by atoms with Crippen LogP contribution in [0, 0.1) is 6.92 Å². The van der Waals surface area contributed by atoms with Gasteiger partial charge in [0.05, 0.1) is 23.8 Å². The van der Waals surface area contributed by atoms with E-state index in [-0.39, 0.29) is 34.9 Å². The Bertz CT molecular complexity index is 845. The number of carbonyl (C=O) groups is 2. The van der Waals surface area contributed by atoms with Crippen LogP contribution in [0.15, 0.2) is 30.3 Å². The predicted octanol–water partition coefficient (Wildman–Crippen LogP) is 1.12. The van der Waals surface area contributed by atoms with Gasteiger partial charge in [-0.1, -0.05) is 24.3 Å². The third-order valence-electron chi connectivity index (χ3n) is 4.18. The molecule has 0 saturated heterocycles. The molecule has 124 valence electrons. The van der Waals surface area contributed by atoms with Crippen molar-refractivity contribution < 1.29 is 19.8 Å². The van der Waals surface area contributed by atoms with Crippen LogP contribution < -0.4 is 11.1 Å². The van der Waals surface area contributed by atoms with E-state index in [1.54, 1.807) is 37.3 Å². The first kappa shape index (κ1) is 16.2. The number of nitrogens with two attached hydrogens (primary N) is 1.